The minimum absolute atomic E-state index is 0.0709. The van der Waals surface area contributed by atoms with E-state index in [9.17, 15) is 9.59 Å². The number of fused-ring (bicyclic) bond motifs is 1. The number of para-hydroxylation sites is 1. The van der Waals surface area contributed by atoms with E-state index in [1.807, 2.05) is 37.3 Å². The molecule has 9 heteroatoms. The van der Waals surface area contributed by atoms with Crippen molar-refractivity contribution in [2.75, 3.05) is 18.2 Å². The third-order valence-corrected chi connectivity index (χ3v) is 7.03. The number of rotatable bonds is 6. The summed E-state index contributed by atoms with van der Waals surface area (Å²) in [7, 11) is 1.57. The van der Waals surface area contributed by atoms with E-state index in [1.165, 1.54) is 16.3 Å². The number of thioether (sulfide) groups is 1. The van der Waals surface area contributed by atoms with Gasteiger partial charge in [0.15, 0.2) is 5.16 Å². The fraction of sp³-hybridized carbons (Fsp3) is 0.125. The average Bonchev–Trinajstić information content (AvgIpc) is 2.80. The number of carbonyl (C=O) groups excluding carboxylic acids is 1. The SMILES string of the molecule is COc1cccc(-n2c(SCC(=O)Nc3c(Br)cc(C)cc3Br)nc3ccccc3c2=O)c1. The van der Waals surface area contributed by atoms with Crippen molar-refractivity contribution in [3.63, 3.8) is 0 Å². The smallest absolute Gasteiger partial charge is 0.266 e. The number of methoxy groups -OCH3 is 1. The van der Waals surface area contributed by atoms with Crippen LogP contribution in [0.4, 0.5) is 5.69 Å². The van der Waals surface area contributed by atoms with Crippen LogP contribution >= 0.6 is 43.6 Å². The van der Waals surface area contributed by atoms with E-state index in [0.717, 1.165) is 14.5 Å². The third kappa shape index (κ3) is 5.15. The van der Waals surface area contributed by atoms with Crippen LogP contribution in [0.15, 0.2) is 79.6 Å². The molecule has 0 aliphatic heterocycles. The summed E-state index contributed by atoms with van der Waals surface area (Å²) in [6.45, 7) is 1.97. The molecule has 4 rings (SSSR count). The van der Waals surface area contributed by atoms with Crippen molar-refractivity contribution in [2.24, 2.45) is 0 Å². The summed E-state index contributed by atoms with van der Waals surface area (Å²) in [5.74, 6) is 0.474. The van der Waals surface area contributed by atoms with Crippen molar-refractivity contribution < 1.29 is 9.53 Å². The molecule has 0 fully saturated rings. The van der Waals surface area contributed by atoms with Crippen LogP contribution < -0.4 is 15.6 Å². The molecule has 1 N–H and O–H groups in total. The number of aromatic nitrogens is 2. The monoisotopic (exact) mass is 587 g/mol. The molecule has 33 heavy (non-hydrogen) atoms. The van der Waals surface area contributed by atoms with E-state index < -0.39 is 0 Å². The zero-order valence-electron chi connectivity index (χ0n) is 17.8. The molecule has 0 spiro atoms. The summed E-state index contributed by atoms with van der Waals surface area (Å²) in [6, 6.07) is 18.2. The minimum Gasteiger partial charge on any atom is -0.497 e. The van der Waals surface area contributed by atoms with E-state index in [-0.39, 0.29) is 17.2 Å². The van der Waals surface area contributed by atoms with Gasteiger partial charge in [-0.2, -0.15) is 0 Å². The zero-order valence-corrected chi connectivity index (χ0v) is 21.8. The summed E-state index contributed by atoms with van der Waals surface area (Å²) in [5.41, 5.74) is 2.70. The highest BCUT2D eigenvalue weighted by atomic mass is 79.9. The third-order valence-electron chi connectivity index (χ3n) is 4.84. The van der Waals surface area contributed by atoms with Gasteiger partial charge < -0.3 is 10.1 Å². The predicted molar refractivity (Wildman–Crippen MR) is 140 cm³/mol. The van der Waals surface area contributed by atoms with Gasteiger partial charge in [-0.25, -0.2) is 4.98 Å². The van der Waals surface area contributed by atoms with E-state index in [4.69, 9.17) is 4.74 Å². The molecule has 1 heterocycles. The van der Waals surface area contributed by atoms with Gasteiger partial charge in [-0.15, -0.1) is 0 Å². The number of carbonyl (C=O) groups is 1. The molecule has 0 atom stereocenters. The lowest BCUT2D eigenvalue weighted by atomic mass is 10.2. The lowest BCUT2D eigenvalue weighted by Crippen LogP contribution is -2.23. The second kappa shape index (κ2) is 10.1. The van der Waals surface area contributed by atoms with Crippen molar-refractivity contribution in [1.29, 1.82) is 0 Å². The summed E-state index contributed by atoms with van der Waals surface area (Å²) in [5, 5.41) is 3.84. The van der Waals surface area contributed by atoms with Gasteiger partial charge in [0.1, 0.15) is 5.75 Å². The Hall–Kier alpha value is -2.62. The van der Waals surface area contributed by atoms with Crippen LogP contribution in [0.25, 0.3) is 16.6 Å². The molecule has 1 aromatic heterocycles. The summed E-state index contributed by atoms with van der Waals surface area (Å²) in [4.78, 5) is 30.8. The first-order chi connectivity index (χ1) is 15.9. The molecule has 0 unspecified atom stereocenters. The second-order valence-corrected chi connectivity index (χ2v) is 9.85. The first-order valence-corrected chi connectivity index (χ1v) is 12.5. The van der Waals surface area contributed by atoms with Crippen LogP contribution in [0.2, 0.25) is 0 Å². The Balaban J connectivity index is 1.68. The number of anilines is 1. The fourth-order valence-electron chi connectivity index (χ4n) is 3.31. The normalized spacial score (nSPS) is 10.9. The summed E-state index contributed by atoms with van der Waals surface area (Å²) < 4.78 is 8.40. The number of ether oxygens (including phenoxy) is 1. The first kappa shape index (κ1) is 23.5. The molecule has 6 nitrogen and oxygen atoms in total. The van der Waals surface area contributed by atoms with Gasteiger partial charge in [-0.1, -0.05) is 30.0 Å². The Kier molecular flexibility index (Phi) is 7.21. The number of aryl methyl sites for hydroxylation is 1. The molecule has 0 bridgehead atoms. The molecule has 0 aliphatic carbocycles. The summed E-state index contributed by atoms with van der Waals surface area (Å²) in [6.07, 6.45) is 0. The number of amides is 1. The highest BCUT2D eigenvalue weighted by molar-refractivity contribution is 9.11. The maximum atomic E-state index is 13.4. The number of hydrogen-bond acceptors (Lipinski definition) is 5. The molecule has 1 amide bonds. The van der Waals surface area contributed by atoms with Crippen molar-refractivity contribution in [3.8, 4) is 11.4 Å². The van der Waals surface area contributed by atoms with E-state index in [0.29, 0.717) is 33.2 Å². The van der Waals surface area contributed by atoms with E-state index >= 15 is 0 Å². The van der Waals surface area contributed by atoms with Crippen LogP contribution in [0, 0.1) is 6.92 Å². The average molecular weight is 589 g/mol. The number of benzene rings is 3. The Morgan fingerprint density at radius 2 is 1.82 bits per heavy atom. The lowest BCUT2D eigenvalue weighted by Gasteiger charge is -2.14. The predicted octanol–water partition coefficient (Wildman–Crippen LogP) is 5.96. The standard InChI is InChI=1S/C24H19Br2N3O3S/c1-14-10-18(25)22(19(26)11-14)28-21(30)13-33-24-27-20-9-4-3-8-17(20)23(31)29(24)15-6-5-7-16(12-15)32-2/h3-12H,13H2,1-2H3,(H,28,30). The van der Waals surface area contributed by atoms with Gasteiger partial charge in [0.25, 0.3) is 5.56 Å². The highest BCUT2D eigenvalue weighted by Crippen LogP contribution is 2.32. The minimum atomic E-state index is -0.218. The van der Waals surface area contributed by atoms with Gasteiger partial charge >= 0.3 is 0 Å². The summed E-state index contributed by atoms with van der Waals surface area (Å²) >= 11 is 8.18. The first-order valence-electron chi connectivity index (χ1n) is 9.92. The molecular formula is C24H19Br2N3O3S. The largest absolute Gasteiger partial charge is 0.497 e. The van der Waals surface area contributed by atoms with Gasteiger partial charge in [0, 0.05) is 15.0 Å². The van der Waals surface area contributed by atoms with Gasteiger partial charge in [0.05, 0.1) is 35.1 Å². The van der Waals surface area contributed by atoms with Gasteiger partial charge in [-0.3, -0.25) is 14.2 Å². The molecule has 4 aromatic rings. The number of nitrogens with zero attached hydrogens (tertiary/aromatic N) is 2. The molecule has 0 aliphatic rings. The Morgan fingerprint density at radius 3 is 2.55 bits per heavy atom. The maximum absolute atomic E-state index is 13.4. The van der Waals surface area contributed by atoms with Crippen LogP contribution in [-0.4, -0.2) is 28.3 Å². The highest BCUT2D eigenvalue weighted by Gasteiger charge is 2.16. The van der Waals surface area contributed by atoms with E-state index in [2.05, 4.69) is 42.2 Å². The van der Waals surface area contributed by atoms with E-state index in [1.54, 1.807) is 37.4 Å². The molecule has 0 saturated carbocycles. The molecular weight excluding hydrogens is 570 g/mol. The van der Waals surface area contributed by atoms with Crippen LogP contribution in [0.1, 0.15) is 5.56 Å². The van der Waals surface area contributed by atoms with Crippen molar-refractivity contribution in [2.45, 2.75) is 12.1 Å². The van der Waals surface area contributed by atoms with Crippen molar-refractivity contribution >= 4 is 66.1 Å². The fourth-order valence-corrected chi connectivity index (χ4v) is 5.74. The topological polar surface area (TPSA) is 73.2 Å². The van der Waals surface area contributed by atoms with Gasteiger partial charge in [0.2, 0.25) is 5.91 Å². The number of hydrogen-bond donors (Lipinski definition) is 1. The Bertz CT molecular complexity index is 1400. The molecule has 3 aromatic carbocycles. The number of halogens is 2. The lowest BCUT2D eigenvalue weighted by molar-refractivity contribution is -0.113. The molecule has 0 radical (unpaired) electrons. The van der Waals surface area contributed by atoms with Gasteiger partial charge in [-0.05, 0) is 80.7 Å². The van der Waals surface area contributed by atoms with Crippen molar-refractivity contribution in [3.05, 3.63) is 85.5 Å². The zero-order chi connectivity index (χ0) is 23.5. The maximum Gasteiger partial charge on any atom is 0.266 e. The molecule has 168 valence electrons. The quantitative estimate of drug-likeness (QED) is 0.222. The van der Waals surface area contributed by atoms with Crippen LogP contribution in [0.5, 0.6) is 5.75 Å². The molecule has 0 saturated heterocycles. The van der Waals surface area contributed by atoms with Crippen molar-refractivity contribution in [1.82, 2.24) is 9.55 Å². The Labute approximate surface area is 211 Å². The number of nitrogens with one attached hydrogen (secondary N) is 1. The second-order valence-electron chi connectivity index (χ2n) is 7.19. The van der Waals surface area contributed by atoms with Crippen LogP contribution in [0.3, 0.4) is 0 Å². The van der Waals surface area contributed by atoms with Crippen LogP contribution in [-0.2, 0) is 4.79 Å². The Morgan fingerprint density at radius 1 is 1.09 bits per heavy atom.